The normalized spacial score (nSPS) is 35.5. The molecule has 2 atom stereocenters. The average molecular weight is 156 g/mol. The Balaban J connectivity index is 2.78. The van der Waals surface area contributed by atoms with E-state index < -0.39 is 0 Å². The zero-order chi connectivity index (χ0) is 8.65. The molecule has 0 bridgehead atoms. The van der Waals surface area contributed by atoms with Crippen molar-refractivity contribution in [2.75, 3.05) is 0 Å². The number of carbonyl (C=O) groups is 1. The van der Waals surface area contributed by atoms with Crippen molar-refractivity contribution in [1.82, 2.24) is 0 Å². The van der Waals surface area contributed by atoms with Gasteiger partial charge in [0.15, 0.2) is 0 Å². The van der Waals surface area contributed by atoms with E-state index >= 15 is 0 Å². The first kappa shape index (κ1) is 8.53. The lowest BCUT2D eigenvalue weighted by atomic mass is 9.79. The molecule has 0 spiro atoms. The van der Waals surface area contributed by atoms with Crippen molar-refractivity contribution in [3.05, 3.63) is 0 Å². The summed E-state index contributed by atoms with van der Waals surface area (Å²) < 4.78 is 0. The van der Waals surface area contributed by atoms with Crippen LogP contribution in [0.3, 0.4) is 0 Å². The van der Waals surface area contributed by atoms with Crippen molar-refractivity contribution in [2.45, 2.75) is 32.7 Å². The number of hydrogen-bond donors (Lipinski definition) is 2. The number of nitrogens with two attached hydrogens (primary N) is 2. The lowest BCUT2D eigenvalue weighted by Crippen LogP contribution is -2.40. The summed E-state index contributed by atoms with van der Waals surface area (Å²) in [6, 6.07) is 0.125. The molecule has 3 nitrogen and oxygen atoms in total. The van der Waals surface area contributed by atoms with Crippen LogP contribution in [0.15, 0.2) is 0 Å². The van der Waals surface area contributed by atoms with Gasteiger partial charge in [-0.2, -0.15) is 0 Å². The first-order valence-corrected chi connectivity index (χ1v) is 4.01. The maximum atomic E-state index is 10.9. The molecule has 3 heteroatoms. The summed E-state index contributed by atoms with van der Waals surface area (Å²) in [5, 5.41) is 0. The second-order valence-corrected chi connectivity index (χ2v) is 3.96. The minimum Gasteiger partial charge on any atom is -0.369 e. The van der Waals surface area contributed by atoms with Gasteiger partial charge in [-0.05, 0) is 18.3 Å². The zero-order valence-electron chi connectivity index (χ0n) is 7.13. The van der Waals surface area contributed by atoms with Crippen molar-refractivity contribution >= 4 is 5.91 Å². The maximum Gasteiger partial charge on any atom is 0.221 e. The molecule has 1 rings (SSSR count). The third kappa shape index (κ3) is 1.25. The molecule has 0 radical (unpaired) electrons. The second kappa shape index (κ2) is 2.48. The fourth-order valence-corrected chi connectivity index (χ4v) is 1.86. The highest BCUT2D eigenvalue weighted by Gasteiger charge is 2.43. The number of rotatable bonds is 1. The van der Waals surface area contributed by atoms with Gasteiger partial charge in [-0.1, -0.05) is 13.8 Å². The average Bonchev–Trinajstić information content (AvgIpc) is 2.08. The van der Waals surface area contributed by atoms with Crippen LogP contribution in [0.25, 0.3) is 0 Å². The third-order valence-corrected chi connectivity index (χ3v) is 2.96. The summed E-state index contributed by atoms with van der Waals surface area (Å²) >= 11 is 0. The zero-order valence-corrected chi connectivity index (χ0v) is 7.13. The molecule has 1 fully saturated rings. The Hall–Kier alpha value is -0.570. The Kier molecular flexibility index (Phi) is 1.92. The summed E-state index contributed by atoms with van der Waals surface area (Å²) in [6.07, 6.45) is 1.77. The Labute approximate surface area is 67.1 Å². The van der Waals surface area contributed by atoms with Gasteiger partial charge in [-0.25, -0.2) is 0 Å². The molecular formula is C8H16N2O. The van der Waals surface area contributed by atoms with E-state index in [1.807, 2.05) is 13.8 Å². The fourth-order valence-electron chi connectivity index (χ4n) is 1.86. The predicted octanol–water partition coefficient (Wildman–Crippen LogP) is 0.235. The number of carbonyl (C=O) groups excluding carboxylic acids is 1. The molecule has 0 heterocycles. The van der Waals surface area contributed by atoms with Gasteiger partial charge in [-0.15, -0.1) is 0 Å². The van der Waals surface area contributed by atoms with Gasteiger partial charge in [0.1, 0.15) is 0 Å². The van der Waals surface area contributed by atoms with Crippen molar-refractivity contribution in [2.24, 2.45) is 22.8 Å². The largest absolute Gasteiger partial charge is 0.369 e. The highest BCUT2D eigenvalue weighted by atomic mass is 16.1. The van der Waals surface area contributed by atoms with Gasteiger partial charge in [-0.3, -0.25) is 4.79 Å². The highest BCUT2D eigenvalue weighted by Crippen LogP contribution is 2.41. The molecule has 64 valence electrons. The topological polar surface area (TPSA) is 69.1 Å². The summed E-state index contributed by atoms with van der Waals surface area (Å²) in [6.45, 7) is 4.03. The van der Waals surface area contributed by atoms with E-state index in [0.29, 0.717) is 0 Å². The minimum absolute atomic E-state index is 0.0301. The quantitative estimate of drug-likeness (QED) is 0.570. The van der Waals surface area contributed by atoms with Crippen molar-refractivity contribution < 1.29 is 4.79 Å². The first-order valence-electron chi connectivity index (χ1n) is 4.01. The van der Waals surface area contributed by atoms with Crippen molar-refractivity contribution in [3.8, 4) is 0 Å². The van der Waals surface area contributed by atoms with Gasteiger partial charge in [0, 0.05) is 12.0 Å². The summed E-state index contributed by atoms with van der Waals surface area (Å²) in [5.41, 5.74) is 11.0. The molecule has 11 heavy (non-hydrogen) atoms. The monoisotopic (exact) mass is 156 g/mol. The van der Waals surface area contributed by atoms with E-state index in [-0.39, 0.29) is 23.3 Å². The number of amides is 1. The Morgan fingerprint density at radius 1 is 1.45 bits per heavy atom. The van der Waals surface area contributed by atoms with Crippen molar-refractivity contribution in [3.63, 3.8) is 0 Å². The van der Waals surface area contributed by atoms with Crippen LogP contribution in [0.1, 0.15) is 26.7 Å². The van der Waals surface area contributed by atoms with Gasteiger partial charge in [0.05, 0.1) is 0 Å². The molecule has 1 amide bonds. The van der Waals surface area contributed by atoms with Gasteiger partial charge in [0.2, 0.25) is 5.91 Å². The minimum atomic E-state index is -0.206. The van der Waals surface area contributed by atoms with E-state index in [2.05, 4.69) is 0 Å². The molecule has 1 saturated carbocycles. The van der Waals surface area contributed by atoms with Crippen LogP contribution >= 0.6 is 0 Å². The van der Waals surface area contributed by atoms with Gasteiger partial charge >= 0.3 is 0 Å². The van der Waals surface area contributed by atoms with E-state index in [0.717, 1.165) is 12.8 Å². The van der Waals surface area contributed by atoms with Crippen LogP contribution in [-0.4, -0.2) is 11.9 Å². The van der Waals surface area contributed by atoms with Crippen LogP contribution in [0.2, 0.25) is 0 Å². The van der Waals surface area contributed by atoms with Gasteiger partial charge in [0.25, 0.3) is 0 Å². The van der Waals surface area contributed by atoms with Crippen LogP contribution in [-0.2, 0) is 4.79 Å². The summed E-state index contributed by atoms with van der Waals surface area (Å²) in [5.74, 6) is -0.236. The summed E-state index contributed by atoms with van der Waals surface area (Å²) in [7, 11) is 0. The highest BCUT2D eigenvalue weighted by molar-refractivity contribution is 5.78. The number of hydrogen-bond acceptors (Lipinski definition) is 2. The summed E-state index contributed by atoms with van der Waals surface area (Å²) in [4.78, 5) is 10.9. The lowest BCUT2D eigenvalue weighted by Gasteiger charge is -2.28. The molecular weight excluding hydrogens is 140 g/mol. The molecule has 2 unspecified atom stereocenters. The molecule has 1 aliphatic carbocycles. The molecule has 1 aliphatic rings. The first-order chi connectivity index (χ1) is 4.96. The number of primary amides is 1. The molecule has 0 aromatic carbocycles. The molecule has 0 aromatic rings. The Bertz CT molecular complexity index is 177. The van der Waals surface area contributed by atoms with E-state index in [4.69, 9.17) is 11.5 Å². The van der Waals surface area contributed by atoms with Crippen LogP contribution < -0.4 is 11.5 Å². The van der Waals surface area contributed by atoms with Gasteiger partial charge < -0.3 is 11.5 Å². The fraction of sp³-hybridized carbons (Fsp3) is 0.875. The van der Waals surface area contributed by atoms with Crippen LogP contribution in [0.4, 0.5) is 0 Å². The van der Waals surface area contributed by atoms with E-state index in [1.54, 1.807) is 0 Å². The van der Waals surface area contributed by atoms with Crippen molar-refractivity contribution in [1.29, 1.82) is 0 Å². The van der Waals surface area contributed by atoms with E-state index in [1.165, 1.54) is 0 Å². The molecule has 4 N–H and O–H groups in total. The Morgan fingerprint density at radius 2 is 2.00 bits per heavy atom. The lowest BCUT2D eigenvalue weighted by molar-refractivity contribution is -0.124. The molecule has 0 aromatic heterocycles. The SMILES string of the molecule is CC1(C)C(N)CCC1C(N)=O. The Morgan fingerprint density at radius 3 is 2.18 bits per heavy atom. The maximum absolute atomic E-state index is 10.9. The molecule has 0 aliphatic heterocycles. The second-order valence-electron chi connectivity index (χ2n) is 3.96. The third-order valence-electron chi connectivity index (χ3n) is 2.96. The molecule has 0 saturated heterocycles. The van der Waals surface area contributed by atoms with E-state index in [9.17, 15) is 4.79 Å². The predicted molar refractivity (Wildman–Crippen MR) is 43.7 cm³/mol. The smallest absolute Gasteiger partial charge is 0.221 e. The van der Waals surface area contributed by atoms with Crippen LogP contribution in [0, 0.1) is 11.3 Å². The standard InChI is InChI=1S/C8H16N2O/c1-8(2)5(7(10)11)3-4-6(8)9/h5-6H,3-4,9H2,1-2H3,(H2,10,11). The van der Waals surface area contributed by atoms with Crippen LogP contribution in [0.5, 0.6) is 0 Å².